The van der Waals surface area contributed by atoms with Crippen LogP contribution in [0.1, 0.15) is 13.8 Å². The van der Waals surface area contributed by atoms with Crippen molar-refractivity contribution in [1.29, 1.82) is 0 Å². The van der Waals surface area contributed by atoms with E-state index in [4.69, 9.17) is 0 Å². The van der Waals surface area contributed by atoms with Crippen molar-refractivity contribution in [3.63, 3.8) is 0 Å². The van der Waals surface area contributed by atoms with Crippen molar-refractivity contribution in [2.45, 2.75) is 18.2 Å². The summed E-state index contributed by atoms with van der Waals surface area (Å²) in [6.45, 7) is 3.40. The Labute approximate surface area is 130 Å². The summed E-state index contributed by atoms with van der Waals surface area (Å²) in [6, 6.07) is 4.84. The smallest absolute Gasteiger partial charge is 0.291 e. The Kier molecular flexibility index (Phi) is 4.71. The molecule has 0 saturated carbocycles. The molecule has 0 aliphatic heterocycles. The zero-order valence-electron chi connectivity index (χ0n) is 11.7. The van der Waals surface area contributed by atoms with Crippen LogP contribution in [0.15, 0.2) is 28.6 Å². The highest BCUT2D eigenvalue weighted by Crippen LogP contribution is 2.23. The van der Waals surface area contributed by atoms with E-state index in [-0.39, 0.29) is 27.0 Å². The molecule has 0 saturated heterocycles. The second-order valence-electron chi connectivity index (χ2n) is 4.63. The molecular formula is C12H13FN4O3S2. The van der Waals surface area contributed by atoms with Crippen molar-refractivity contribution in [2.24, 2.45) is 5.92 Å². The Morgan fingerprint density at radius 3 is 2.45 bits per heavy atom. The van der Waals surface area contributed by atoms with Crippen LogP contribution in [0.4, 0.5) is 15.2 Å². The molecule has 2 aromatic rings. The first-order chi connectivity index (χ1) is 10.3. The van der Waals surface area contributed by atoms with Gasteiger partial charge in [0.25, 0.3) is 14.4 Å². The molecule has 0 bridgehead atoms. The molecule has 0 unspecified atom stereocenters. The number of anilines is 2. The second-order valence-corrected chi connectivity index (χ2v) is 7.46. The number of benzene rings is 1. The number of nitrogens with zero attached hydrogens (tertiary/aromatic N) is 2. The molecule has 0 aliphatic rings. The molecule has 0 spiro atoms. The predicted molar refractivity (Wildman–Crippen MR) is 80.6 cm³/mol. The lowest BCUT2D eigenvalue weighted by Gasteiger charge is -2.04. The fourth-order valence-corrected chi connectivity index (χ4v) is 3.30. The van der Waals surface area contributed by atoms with Gasteiger partial charge in [0.2, 0.25) is 11.0 Å². The van der Waals surface area contributed by atoms with Crippen molar-refractivity contribution in [1.82, 2.24) is 10.2 Å². The molecule has 0 aliphatic carbocycles. The van der Waals surface area contributed by atoms with E-state index in [1.807, 2.05) is 0 Å². The minimum Gasteiger partial charge on any atom is -0.300 e. The SMILES string of the molecule is CC(C)C(=O)Nc1nnc(S(=O)(=O)Nc2ccc(F)cc2)s1. The number of rotatable bonds is 5. The molecule has 1 aromatic carbocycles. The maximum Gasteiger partial charge on any atom is 0.291 e. The highest BCUT2D eigenvalue weighted by Gasteiger charge is 2.21. The quantitative estimate of drug-likeness (QED) is 0.809. The number of carbonyl (C=O) groups excluding carboxylic acids is 1. The summed E-state index contributed by atoms with van der Waals surface area (Å²) >= 11 is 0.729. The van der Waals surface area contributed by atoms with Gasteiger partial charge in [0.1, 0.15) is 5.82 Å². The molecule has 1 aromatic heterocycles. The largest absolute Gasteiger partial charge is 0.300 e. The van der Waals surface area contributed by atoms with Crippen LogP contribution in [-0.2, 0) is 14.8 Å². The lowest BCUT2D eigenvalue weighted by Crippen LogP contribution is -2.17. The normalized spacial score (nSPS) is 11.5. The van der Waals surface area contributed by atoms with Gasteiger partial charge in [0.15, 0.2) is 0 Å². The summed E-state index contributed by atoms with van der Waals surface area (Å²) in [7, 11) is -3.94. The summed E-state index contributed by atoms with van der Waals surface area (Å²) in [5.41, 5.74) is 0.198. The fourth-order valence-electron chi connectivity index (χ4n) is 1.34. The maximum atomic E-state index is 12.8. The number of hydrogen-bond donors (Lipinski definition) is 2. The number of carbonyl (C=O) groups is 1. The lowest BCUT2D eigenvalue weighted by atomic mass is 10.2. The summed E-state index contributed by atoms with van der Waals surface area (Å²) in [4.78, 5) is 11.5. The number of amides is 1. The van der Waals surface area contributed by atoms with Gasteiger partial charge in [-0.1, -0.05) is 25.2 Å². The molecule has 0 atom stereocenters. The molecule has 10 heteroatoms. The van der Waals surface area contributed by atoms with Crippen LogP contribution in [0.5, 0.6) is 0 Å². The molecule has 0 radical (unpaired) electrons. The van der Waals surface area contributed by atoms with Crippen LogP contribution >= 0.6 is 11.3 Å². The third kappa shape index (κ3) is 3.98. The molecule has 1 amide bonds. The van der Waals surface area contributed by atoms with Crippen LogP contribution in [-0.4, -0.2) is 24.5 Å². The average Bonchev–Trinajstić information content (AvgIpc) is 2.90. The standard InChI is InChI=1S/C12H13FN4O3S2/c1-7(2)10(18)14-11-15-16-12(21-11)22(19,20)17-9-5-3-8(13)4-6-9/h3-7,17H,1-2H3,(H,14,15,18). The van der Waals surface area contributed by atoms with Crippen LogP contribution in [0.3, 0.4) is 0 Å². The minimum absolute atomic E-state index is 0.0955. The van der Waals surface area contributed by atoms with E-state index in [9.17, 15) is 17.6 Å². The summed E-state index contributed by atoms with van der Waals surface area (Å²) in [5, 5.41) is 9.73. The zero-order valence-corrected chi connectivity index (χ0v) is 13.3. The van der Waals surface area contributed by atoms with Crippen LogP contribution < -0.4 is 10.0 Å². The molecule has 7 nitrogen and oxygen atoms in total. The first-order valence-corrected chi connectivity index (χ1v) is 8.50. The first-order valence-electron chi connectivity index (χ1n) is 6.20. The van der Waals surface area contributed by atoms with Crippen molar-refractivity contribution < 1.29 is 17.6 Å². The molecular weight excluding hydrogens is 331 g/mol. The van der Waals surface area contributed by atoms with Crippen molar-refractivity contribution in [3.8, 4) is 0 Å². The molecule has 2 rings (SSSR count). The molecule has 0 fully saturated rings. The van der Waals surface area contributed by atoms with Gasteiger partial charge in [0.05, 0.1) is 0 Å². The second kappa shape index (κ2) is 6.36. The average molecular weight is 344 g/mol. The zero-order chi connectivity index (χ0) is 16.3. The fraction of sp³-hybridized carbons (Fsp3) is 0.250. The summed E-state index contributed by atoms with van der Waals surface area (Å²) in [6.07, 6.45) is 0. The number of sulfonamides is 1. The predicted octanol–water partition coefficient (Wildman–Crippen LogP) is 2.07. The molecule has 2 N–H and O–H groups in total. The molecule has 118 valence electrons. The van der Waals surface area contributed by atoms with Crippen LogP contribution in [0, 0.1) is 11.7 Å². The van der Waals surface area contributed by atoms with E-state index >= 15 is 0 Å². The van der Waals surface area contributed by atoms with E-state index in [2.05, 4.69) is 20.2 Å². The Hall–Kier alpha value is -2.07. The monoisotopic (exact) mass is 344 g/mol. The van der Waals surface area contributed by atoms with Gasteiger partial charge >= 0.3 is 0 Å². The maximum absolute atomic E-state index is 12.8. The van der Waals surface area contributed by atoms with Crippen LogP contribution in [0.25, 0.3) is 0 Å². The number of aromatic nitrogens is 2. The van der Waals surface area contributed by atoms with Gasteiger partial charge in [-0.25, -0.2) is 4.39 Å². The Morgan fingerprint density at radius 1 is 1.23 bits per heavy atom. The van der Waals surface area contributed by atoms with Gasteiger partial charge in [-0.3, -0.25) is 9.52 Å². The topological polar surface area (TPSA) is 101 Å². The number of nitrogens with one attached hydrogen (secondary N) is 2. The summed E-state index contributed by atoms with van der Waals surface area (Å²) < 4.78 is 39.0. The highest BCUT2D eigenvalue weighted by molar-refractivity contribution is 7.94. The minimum atomic E-state index is -3.94. The van der Waals surface area contributed by atoms with E-state index < -0.39 is 15.8 Å². The van der Waals surface area contributed by atoms with Crippen molar-refractivity contribution in [3.05, 3.63) is 30.1 Å². The van der Waals surface area contributed by atoms with E-state index in [0.29, 0.717) is 0 Å². The van der Waals surface area contributed by atoms with E-state index in [1.54, 1.807) is 13.8 Å². The molecule has 22 heavy (non-hydrogen) atoms. The molecule has 1 heterocycles. The Balaban J connectivity index is 2.14. The Bertz CT molecular complexity index is 772. The van der Waals surface area contributed by atoms with Crippen LogP contribution in [0.2, 0.25) is 0 Å². The van der Waals surface area contributed by atoms with Crippen molar-refractivity contribution in [2.75, 3.05) is 10.0 Å². The lowest BCUT2D eigenvalue weighted by molar-refractivity contribution is -0.118. The third-order valence-corrected chi connectivity index (χ3v) is 5.07. The van der Waals surface area contributed by atoms with Gasteiger partial charge in [0, 0.05) is 11.6 Å². The van der Waals surface area contributed by atoms with E-state index in [1.165, 1.54) is 12.1 Å². The first kappa shape index (κ1) is 16.3. The van der Waals surface area contributed by atoms with Crippen molar-refractivity contribution >= 4 is 38.1 Å². The van der Waals surface area contributed by atoms with Gasteiger partial charge in [-0.2, -0.15) is 8.42 Å². The van der Waals surface area contributed by atoms with Gasteiger partial charge in [-0.15, -0.1) is 10.2 Å². The van der Waals surface area contributed by atoms with Gasteiger partial charge in [-0.05, 0) is 24.3 Å². The van der Waals surface area contributed by atoms with E-state index in [0.717, 1.165) is 23.5 Å². The number of halogens is 1. The Morgan fingerprint density at radius 2 is 1.86 bits per heavy atom. The van der Waals surface area contributed by atoms with Gasteiger partial charge < -0.3 is 5.32 Å². The summed E-state index contributed by atoms with van der Waals surface area (Å²) in [5.74, 6) is -1.02. The highest BCUT2D eigenvalue weighted by atomic mass is 32.2. The third-order valence-electron chi connectivity index (χ3n) is 2.49. The number of hydrogen-bond acceptors (Lipinski definition) is 6.